The number of hydrogen-bond acceptors (Lipinski definition) is 6. The summed E-state index contributed by atoms with van der Waals surface area (Å²) in [7, 11) is -0.569. The lowest BCUT2D eigenvalue weighted by Gasteiger charge is -2.26. The Morgan fingerprint density at radius 2 is 2.29 bits per heavy atom. The van der Waals surface area contributed by atoms with Gasteiger partial charge in [0.1, 0.15) is 18.5 Å². The Kier molecular flexibility index (Phi) is 3.43. The quantitative estimate of drug-likeness (QED) is 0.485. The SMILES string of the molecule is CC(=O)OC(N)C1OB2OC(C)(C)COc3cccc1c32. The van der Waals surface area contributed by atoms with E-state index in [1.54, 1.807) is 0 Å². The molecule has 21 heavy (non-hydrogen) atoms. The molecule has 7 heteroatoms. The summed E-state index contributed by atoms with van der Waals surface area (Å²) in [6.07, 6.45) is -1.45. The molecule has 0 saturated carbocycles. The molecule has 2 atom stereocenters. The normalized spacial score (nSPS) is 23.8. The highest BCUT2D eigenvalue weighted by atomic mass is 16.6. The van der Waals surface area contributed by atoms with Crippen LogP contribution >= 0.6 is 0 Å². The molecule has 3 rings (SSSR count). The fraction of sp³-hybridized carbons (Fsp3) is 0.500. The lowest BCUT2D eigenvalue weighted by Crippen LogP contribution is -2.41. The maximum absolute atomic E-state index is 11.1. The van der Waals surface area contributed by atoms with Crippen LogP contribution in [0.2, 0.25) is 0 Å². The minimum absolute atomic E-state index is 0.435. The number of esters is 1. The van der Waals surface area contributed by atoms with Crippen LogP contribution in [0.5, 0.6) is 5.75 Å². The summed E-state index contributed by atoms with van der Waals surface area (Å²) < 4.78 is 22.7. The fourth-order valence-electron chi connectivity index (χ4n) is 2.63. The van der Waals surface area contributed by atoms with Crippen LogP contribution < -0.4 is 15.9 Å². The molecule has 0 bridgehead atoms. The second-order valence-electron chi connectivity index (χ2n) is 5.89. The van der Waals surface area contributed by atoms with Crippen molar-refractivity contribution in [3.63, 3.8) is 0 Å². The second kappa shape index (κ2) is 5.01. The highest BCUT2D eigenvalue weighted by Gasteiger charge is 2.47. The van der Waals surface area contributed by atoms with Crippen LogP contribution in [0.3, 0.4) is 0 Å². The zero-order valence-electron chi connectivity index (χ0n) is 12.3. The first-order valence-corrected chi connectivity index (χ1v) is 6.89. The third kappa shape index (κ3) is 2.64. The maximum Gasteiger partial charge on any atom is 0.499 e. The van der Waals surface area contributed by atoms with E-state index < -0.39 is 31.0 Å². The summed E-state index contributed by atoms with van der Waals surface area (Å²) in [5.41, 5.74) is 7.11. The molecule has 1 aromatic rings. The van der Waals surface area contributed by atoms with Crippen LogP contribution in [0.4, 0.5) is 0 Å². The van der Waals surface area contributed by atoms with Crippen molar-refractivity contribution < 1.29 is 23.6 Å². The maximum atomic E-state index is 11.1. The van der Waals surface area contributed by atoms with Gasteiger partial charge < -0.3 is 18.8 Å². The van der Waals surface area contributed by atoms with Crippen molar-refractivity contribution in [2.24, 2.45) is 5.73 Å². The van der Waals surface area contributed by atoms with Crippen LogP contribution in [-0.2, 0) is 18.8 Å². The number of benzene rings is 1. The molecular formula is C14H18BNO5. The predicted octanol–water partition coefficient (Wildman–Crippen LogP) is 0.489. The van der Waals surface area contributed by atoms with Crippen molar-refractivity contribution in [1.82, 2.24) is 0 Å². The molecule has 1 aromatic carbocycles. The third-order valence-corrected chi connectivity index (χ3v) is 3.51. The van der Waals surface area contributed by atoms with Crippen molar-refractivity contribution in [3.8, 4) is 5.75 Å². The van der Waals surface area contributed by atoms with E-state index in [-0.39, 0.29) is 0 Å². The zero-order valence-corrected chi connectivity index (χ0v) is 12.3. The van der Waals surface area contributed by atoms with Gasteiger partial charge in [0.25, 0.3) is 0 Å². The molecule has 2 heterocycles. The fourth-order valence-corrected chi connectivity index (χ4v) is 2.63. The van der Waals surface area contributed by atoms with Crippen molar-refractivity contribution in [2.45, 2.75) is 38.7 Å². The van der Waals surface area contributed by atoms with Crippen LogP contribution in [0.1, 0.15) is 32.4 Å². The van der Waals surface area contributed by atoms with Crippen LogP contribution in [0.25, 0.3) is 0 Å². The Balaban J connectivity index is 1.97. The monoisotopic (exact) mass is 291 g/mol. The molecule has 0 saturated heterocycles. The van der Waals surface area contributed by atoms with Gasteiger partial charge in [-0.1, -0.05) is 12.1 Å². The minimum atomic E-state index is -0.882. The van der Waals surface area contributed by atoms with Gasteiger partial charge in [-0.3, -0.25) is 10.5 Å². The van der Waals surface area contributed by atoms with Gasteiger partial charge in [0.05, 0.1) is 5.60 Å². The predicted molar refractivity (Wildman–Crippen MR) is 76.1 cm³/mol. The highest BCUT2D eigenvalue weighted by Crippen LogP contribution is 2.34. The van der Waals surface area contributed by atoms with Crippen molar-refractivity contribution in [3.05, 3.63) is 23.8 Å². The molecule has 112 valence electrons. The van der Waals surface area contributed by atoms with E-state index in [9.17, 15) is 4.79 Å². The van der Waals surface area contributed by atoms with Gasteiger partial charge in [-0.15, -0.1) is 0 Å². The molecule has 0 radical (unpaired) electrons. The number of hydrogen-bond donors (Lipinski definition) is 1. The van der Waals surface area contributed by atoms with Crippen molar-refractivity contribution in [1.29, 1.82) is 0 Å². The molecular weight excluding hydrogens is 273 g/mol. The Hall–Kier alpha value is -1.57. The molecule has 0 aromatic heterocycles. The van der Waals surface area contributed by atoms with E-state index in [1.165, 1.54) is 6.92 Å². The minimum Gasteiger partial charge on any atom is -0.491 e. The smallest absolute Gasteiger partial charge is 0.491 e. The summed E-state index contributed by atoms with van der Waals surface area (Å²) in [6, 6.07) is 5.63. The summed E-state index contributed by atoms with van der Waals surface area (Å²) >= 11 is 0. The molecule has 2 N–H and O–H groups in total. The molecule has 0 fully saturated rings. The van der Waals surface area contributed by atoms with Gasteiger partial charge in [-0.25, -0.2) is 0 Å². The summed E-state index contributed by atoms with van der Waals surface area (Å²) in [5.74, 6) is 0.275. The van der Waals surface area contributed by atoms with E-state index >= 15 is 0 Å². The average molecular weight is 291 g/mol. The third-order valence-electron chi connectivity index (χ3n) is 3.51. The van der Waals surface area contributed by atoms with Crippen molar-refractivity contribution >= 4 is 18.6 Å². The van der Waals surface area contributed by atoms with E-state index in [0.717, 1.165) is 16.8 Å². The van der Waals surface area contributed by atoms with E-state index in [2.05, 4.69) is 0 Å². The van der Waals surface area contributed by atoms with Gasteiger partial charge in [-0.2, -0.15) is 0 Å². The number of carbonyl (C=O) groups excluding carboxylic acids is 1. The van der Waals surface area contributed by atoms with E-state index in [1.807, 2.05) is 32.0 Å². The lowest BCUT2D eigenvalue weighted by atomic mass is 9.77. The first-order chi connectivity index (χ1) is 9.87. The molecule has 0 aliphatic carbocycles. The first-order valence-electron chi connectivity index (χ1n) is 6.89. The van der Waals surface area contributed by atoms with Crippen LogP contribution in [0, 0.1) is 0 Å². The molecule has 2 aliphatic heterocycles. The second-order valence-corrected chi connectivity index (χ2v) is 5.89. The van der Waals surface area contributed by atoms with Crippen LogP contribution in [0.15, 0.2) is 18.2 Å². The molecule has 2 unspecified atom stereocenters. The Labute approximate surface area is 123 Å². The highest BCUT2D eigenvalue weighted by molar-refractivity contribution is 6.64. The zero-order chi connectivity index (χ0) is 15.2. The summed E-state index contributed by atoms with van der Waals surface area (Å²) in [6.45, 7) is 5.61. The van der Waals surface area contributed by atoms with Gasteiger partial charge in [-0.05, 0) is 25.5 Å². The van der Waals surface area contributed by atoms with Crippen molar-refractivity contribution in [2.75, 3.05) is 6.61 Å². The van der Waals surface area contributed by atoms with Gasteiger partial charge >= 0.3 is 13.1 Å². The average Bonchev–Trinajstić information content (AvgIpc) is 2.68. The van der Waals surface area contributed by atoms with Gasteiger partial charge in [0, 0.05) is 12.4 Å². The first kappa shape index (κ1) is 14.4. The number of rotatable bonds is 2. The molecule has 6 nitrogen and oxygen atoms in total. The topological polar surface area (TPSA) is 80.0 Å². The Morgan fingerprint density at radius 1 is 1.52 bits per heavy atom. The van der Waals surface area contributed by atoms with Crippen LogP contribution in [-0.4, -0.2) is 31.5 Å². The molecule has 2 aliphatic rings. The number of ether oxygens (including phenoxy) is 2. The summed E-state index contributed by atoms with van der Waals surface area (Å²) in [4.78, 5) is 11.1. The number of carbonyl (C=O) groups is 1. The lowest BCUT2D eigenvalue weighted by molar-refractivity contribution is -0.151. The number of nitrogens with two attached hydrogens (primary N) is 1. The largest absolute Gasteiger partial charge is 0.499 e. The van der Waals surface area contributed by atoms with E-state index in [4.69, 9.17) is 24.5 Å². The molecule has 0 spiro atoms. The standard InChI is InChI=1S/C14H18BNO5/c1-8(17)19-13(16)12-9-5-4-6-10-11(9)15(20-12)21-14(2,3)7-18-10/h4-6,12-13H,7,16H2,1-3H3. The Bertz CT molecular complexity index is 576. The Morgan fingerprint density at radius 3 is 3.00 bits per heavy atom. The van der Waals surface area contributed by atoms with Gasteiger partial charge in [0.2, 0.25) is 0 Å². The summed E-state index contributed by atoms with van der Waals surface area (Å²) in [5, 5.41) is 0. The van der Waals surface area contributed by atoms with E-state index in [0.29, 0.717) is 6.61 Å². The molecule has 0 amide bonds. The van der Waals surface area contributed by atoms with Gasteiger partial charge in [0.15, 0.2) is 6.23 Å².